The van der Waals surface area contributed by atoms with Crippen molar-refractivity contribution in [2.24, 2.45) is 5.92 Å². The minimum Gasteiger partial charge on any atom is -0.352 e. The molecule has 0 radical (unpaired) electrons. The van der Waals surface area contributed by atoms with Crippen molar-refractivity contribution in [3.63, 3.8) is 0 Å². The Morgan fingerprint density at radius 3 is 2.36 bits per heavy atom. The number of nitrogens with zero attached hydrogens (tertiary/aromatic N) is 1. The van der Waals surface area contributed by atoms with Crippen LogP contribution in [0.5, 0.6) is 0 Å². The van der Waals surface area contributed by atoms with E-state index in [1.54, 1.807) is 23.5 Å². The second-order valence-corrected chi connectivity index (χ2v) is 8.72. The zero-order chi connectivity index (χ0) is 19.1. The summed E-state index contributed by atoms with van der Waals surface area (Å²) in [6.45, 7) is 2.67. The maximum Gasteiger partial charge on any atom is 0.244 e. The first kappa shape index (κ1) is 17.4. The Morgan fingerprint density at radius 1 is 1.11 bits per heavy atom. The van der Waals surface area contributed by atoms with Gasteiger partial charge in [0.15, 0.2) is 0 Å². The smallest absolute Gasteiger partial charge is 0.244 e. The molecule has 0 fully saturated rings. The summed E-state index contributed by atoms with van der Waals surface area (Å²) in [6.07, 6.45) is 4.47. The van der Waals surface area contributed by atoms with Gasteiger partial charge in [-0.3, -0.25) is 4.79 Å². The first-order valence-electron chi connectivity index (χ1n) is 9.76. The lowest BCUT2D eigenvalue weighted by atomic mass is 9.59. The Bertz CT molecular complexity index is 1020. The molecule has 3 aliphatic carbocycles. The maximum absolute atomic E-state index is 12.3. The number of amides is 1. The maximum atomic E-state index is 12.3. The number of aromatic nitrogens is 1. The van der Waals surface area contributed by atoms with Gasteiger partial charge in [-0.05, 0) is 47.6 Å². The van der Waals surface area contributed by atoms with Crippen LogP contribution in [0.25, 0.3) is 6.08 Å². The molecule has 1 amide bonds. The van der Waals surface area contributed by atoms with Gasteiger partial charge in [-0.1, -0.05) is 48.5 Å². The van der Waals surface area contributed by atoms with E-state index in [9.17, 15) is 4.79 Å². The number of hydrogen-bond donors (Lipinski definition) is 1. The highest BCUT2D eigenvalue weighted by Gasteiger charge is 2.42. The Kier molecular flexibility index (Phi) is 4.36. The monoisotopic (exact) mass is 386 g/mol. The highest BCUT2D eigenvalue weighted by Crippen LogP contribution is 2.55. The van der Waals surface area contributed by atoms with E-state index in [0.717, 1.165) is 17.1 Å². The summed E-state index contributed by atoms with van der Waals surface area (Å²) in [4.78, 5) is 16.7. The van der Waals surface area contributed by atoms with Gasteiger partial charge in [0.1, 0.15) is 0 Å². The van der Waals surface area contributed by atoms with Crippen LogP contribution in [-0.4, -0.2) is 17.4 Å². The fraction of sp³-hybridized carbons (Fsp3) is 0.250. The fourth-order valence-corrected chi connectivity index (χ4v) is 5.45. The zero-order valence-corrected chi connectivity index (χ0v) is 16.6. The topological polar surface area (TPSA) is 42.0 Å². The van der Waals surface area contributed by atoms with E-state index < -0.39 is 0 Å². The van der Waals surface area contributed by atoms with Crippen molar-refractivity contribution in [3.05, 3.63) is 92.9 Å². The molecule has 2 bridgehead atoms. The molecule has 28 heavy (non-hydrogen) atoms. The molecule has 4 heteroatoms. The van der Waals surface area contributed by atoms with Crippen molar-refractivity contribution in [2.75, 3.05) is 6.54 Å². The number of benzene rings is 2. The van der Waals surface area contributed by atoms with Gasteiger partial charge in [-0.15, -0.1) is 11.3 Å². The van der Waals surface area contributed by atoms with Crippen molar-refractivity contribution >= 4 is 23.3 Å². The van der Waals surface area contributed by atoms with Gasteiger partial charge in [0.25, 0.3) is 0 Å². The van der Waals surface area contributed by atoms with Gasteiger partial charge in [-0.2, -0.15) is 0 Å². The molecule has 0 spiro atoms. The summed E-state index contributed by atoms with van der Waals surface area (Å²) in [7, 11) is 0. The molecule has 3 aliphatic rings. The fourth-order valence-electron chi connectivity index (χ4n) is 4.87. The van der Waals surface area contributed by atoms with Crippen molar-refractivity contribution in [3.8, 4) is 0 Å². The quantitative estimate of drug-likeness (QED) is 0.650. The molecule has 1 unspecified atom stereocenters. The summed E-state index contributed by atoms with van der Waals surface area (Å²) in [6, 6.07) is 17.6. The summed E-state index contributed by atoms with van der Waals surface area (Å²) in [5.74, 6) is 1.18. The molecule has 3 aromatic rings. The van der Waals surface area contributed by atoms with Crippen molar-refractivity contribution in [1.29, 1.82) is 0 Å². The lowest BCUT2D eigenvalue weighted by Crippen LogP contribution is -2.38. The normalized spacial score (nSPS) is 22.1. The third-order valence-corrected chi connectivity index (χ3v) is 6.80. The number of aryl methyl sites for hydroxylation is 1. The molecule has 0 saturated heterocycles. The first-order chi connectivity index (χ1) is 13.7. The molecule has 2 aromatic carbocycles. The summed E-state index contributed by atoms with van der Waals surface area (Å²) in [5, 5.41) is 6.10. The van der Waals surface area contributed by atoms with E-state index in [4.69, 9.17) is 0 Å². The Morgan fingerprint density at radius 2 is 1.75 bits per heavy atom. The summed E-state index contributed by atoms with van der Waals surface area (Å²) < 4.78 is 0. The molecular formula is C24H22N2OS. The van der Waals surface area contributed by atoms with Crippen LogP contribution in [0.3, 0.4) is 0 Å². The lowest BCUT2D eigenvalue weighted by Gasteiger charge is -2.45. The number of fused-ring (bicyclic) bond motifs is 1. The van der Waals surface area contributed by atoms with Crippen molar-refractivity contribution in [2.45, 2.75) is 25.2 Å². The largest absolute Gasteiger partial charge is 0.352 e. The molecule has 1 atom stereocenters. The van der Waals surface area contributed by atoms with Crippen LogP contribution in [0.2, 0.25) is 0 Å². The Labute approximate surface area is 169 Å². The molecule has 1 N–H and O–H groups in total. The van der Waals surface area contributed by atoms with E-state index in [-0.39, 0.29) is 5.91 Å². The van der Waals surface area contributed by atoms with Crippen LogP contribution < -0.4 is 5.32 Å². The number of carbonyl (C=O) groups is 1. The van der Waals surface area contributed by atoms with Crippen LogP contribution >= 0.6 is 11.3 Å². The van der Waals surface area contributed by atoms with E-state index in [0.29, 0.717) is 24.3 Å². The van der Waals surface area contributed by atoms with E-state index >= 15 is 0 Å². The number of rotatable bonds is 4. The van der Waals surface area contributed by atoms with E-state index in [2.05, 4.69) is 58.8 Å². The van der Waals surface area contributed by atoms with Crippen LogP contribution in [0.15, 0.2) is 60.0 Å². The molecule has 6 rings (SSSR count). The predicted molar refractivity (Wildman–Crippen MR) is 114 cm³/mol. The van der Waals surface area contributed by atoms with Crippen LogP contribution in [0.1, 0.15) is 51.2 Å². The highest BCUT2D eigenvalue weighted by atomic mass is 32.1. The zero-order valence-electron chi connectivity index (χ0n) is 15.8. The second kappa shape index (κ2) is 7.02. The van der Waals surface area contributed by atoms with Crippen LogP contribution in [-0.2, 0) is 4.79 Å². The molecule has 0 saturated carbocycles. The van der Waals surface area contributed by atoms with Gasteiger partial charge < -0.3 is 5.32 Å². The Balaban J connectivity index is 1.35. The summed E-state index contributed by atoms with van der Waals surface area (Å²) in [5.41, 5.74) is 6.65. The van der Waals surface area contributed by atoms with E-state index in [1.165, 1.54) is 22.3 Å². The van der Waals surface area contributed by atoms with Gasteiger partial charge in [0.2, 0.25) is 5.91 Å². The molecular weight excluding hydrogens is 364 g/mol. The Hall–Kier alpha value is -2.72. The second-order valence-electron chi connectivity index (χ2n) is 7.65. The van der Waals surface area contributed by atoms with Gasteiger partial charge in [-0.25, -0.2) is 4.98 Å². The number of carbonyl (C=O) groups excluding carboxylic acids is 1. The van der Waals surface area contributed by atoms with Gasteiger partial charge >= 0.3 is 0 Å². The molecule has 1 heterocycles. The predicted octanol–water partition coefficient (Wildman–Crippen LogP) is 4.88. The van der Waals surface area contributed by atoms with Crippen molar-refractivity contribution < 1.29 is 4.79 Å². The minimum atomic E-state index is -0.0475. The SMILES string of the molecule is Cc1nc(/C=C/C(=O)NCC2CC3c4ccccc4C2c2ccccc23)cs1. The molecule has 3 nitrogen and oxygen atoms in total. The van der Waals surface area contributed by atoms with Crippen LogP contribution in [0.4, 0.5) is 0 Å². The molecule has 140 valence electrons. The highest BCUT2D eigenvalue weighted by molar-refractivity contribution is 7.09. The standard InChI is InChI=1S/C24H22N2OS/c1-15-26-17(14-28-15)10-11-23(27)25-13-16-12-22-18-6-2-4-8-20(18)24(16)21-9-5-3-7-19(21)22/h2-11,14,16,22,24H,12-13H2,1H3,(H,25,27)/b11-10+. The number of nitrogens with one attached hydrogen (secondary N) is 1. The van der Waals surface area contributed by atoms with Gasteiger partial charge in [0, 0.05) is 29.8 Å². The van der Waals surface area contributed by atoms with E-state index in [1.807, 2.05) is 12.3 Å². The summed E-state index contributed by atoms with van der Waals surface area (Å²) >= 11 is 1.59. The lowest BCUT2D eigenvalue weighted by molar-refractivity contribution is -0.116. The average Bonchev–Trinajstić information content (AvgIpc) is 3.16. The molecule has 1 aromatic heterocycles. The number of thiazole rings is 1. The first-order valence-corrected chi connectivity index (χ1v) is 10.6. The van der Waals surface area contributed by atoms with Crippen LogP contribution in [0, 0.1) is 12.8 Å². The van der Waals surface area contributed by atoms with Crippen molar-refractivity contribution in [1.82, 2.24) is 10.3 Å². The van der Waals surface area contributed by atoms with Gasteiger partial charge in [0.05, 0.1) is 10.7 Å². The molecule has 0 aliphatic heterocycles. The average molecular weight is 387 g/mol. The minimum absolute atomic E-state index is 0.0475. The third kappa shape index (κ3) is 2.98. The third-order valence-electron chi connectivity index (χ3n) is 6.00. The number of hydrogen-bond acceptors (Lipinski definition) is 3.